The van der Waals surface area contributed by atoms with E-state index in [1.165, 1.54) is 5.56 Å². The summed E-state index contributed by atoms with van der Waals surface area (Å²) in [7, 11) is 0. The summed E-state index contributed by atoms with van der Waals surface area (Å²) in [6.45, 7) is 2.66. The van der Waals surface area contributed by atoms with Gasteiger partial charge in [0, 0.05) is 12.7 Å². The minimum absolute atomic E-state index is 0.515. The van der Waals surface area contributed by atoms with Crippen molar-refractivity contribution >= 4 is 23.0 Å². The number of benzene rings is 1. The molecule has 0 amide bonds. The molecular formula is C16H18N4S. The third-order valence-electron chi connectivity index (χ3n) is 2.90. The first-order valence-electron chi connectivity index (χ1n) is 6.79. The standard InChI is InChI=1S/C16H18N4S/c1-13(15-9-5-6-11-17-15)19-20-16(21)18-12-10-14-7-3-2-4-8-14/h2-9,11H,10,12H2,1H3,(H2,18,20,21)/b19-13-. The van der Waals surface area contributed by atoms with Crippen LogP contribution >= 0.6 is 12.2 Å². The van der Waals surface area contributed by atoms with Gasteiger partial charge in [0.25, 0.3) is 0 Å². The molecule has 2 aromatic rings. The molecule has 0 aliphatic heterocycles. The van der Waals surface area contributed by atoms with Gasteiger partial charge in [-0.1, -0.05) is 36.4 Å². The Morgan fingerprint density at radius 2 is 1.90 bits per heavy atom. The predicted molar refractivity (Wildman–Crippen MR) is 90.3 cm³/mol. The number of rotatable bonds is 5. The normalized spacial score (nSPS) is 11.0. The second-order valence-electron chi connectivity index (χ2n) is 4.52. The molecule has 0 aliphatic rings. The van der Waals surface area contributed by atoms with E-state index in [1.54, 1.807) is 6.20 Å². The first-order valence-corrected chi connectivity index (χ1v) is 7.20. The Morgan fingerprint density at radius 3 is 2.62 bits per heavy atom. The second kappa shape index (κ2) is 8.11. The van der Waals surface area contributed by atoms with Gasteiger partial charge in [-0.3, -0.25) is 10.4 Å². The first kappa shape index (κ1) is 15.1. The first-order chi connectivity index (χ1) is 10.3. The molecule has 0 radical (unpaired) electrons. The van der Waals surface area contributed by atoms with Gasteiger partial charge in [-0.25, -0.2) is 0 Å². The van der Waals surface area contributed by atoms with Crippen molar-refractivity contribution in [3.63, 3.8) is 0 Å². The lowest BCUT2D eigenvalue weighted by atomic mass is 10.1. The molecule has 108 valence electrons. The zero-order valence-electron chi connectivity index (χ0n) is 11.9. The molecule has 0 bridgehead atoms. The third kappa shape index (κ3) is 5.31. The van der Waals surface area contributed by atoms with E-state index in [2.05, 4.69) is 33.0 Å². The van der Waals surface area contributed by atoms with E-state index >= 15 is 0 Å². The molecule has 2 rings (SSSR count). The zero-order chi connectivity index (χ0) is 14.9. The van der Waals surface area contributed by atoms with Crippen molar-refractivity contribution in [2.45, 2.75) is 13.3 Å². The maximum Gasteiger partial charge on any atom is 0.186 e. The Kier molecular flexibility index (Phi) is 5.84. The van der Waals surface area contributed by atoms with E-state index in [9.17, 15) is 0 Å². The highest BCUT2D eigenvalue weighted by Crippen LogP contribution is 1.98. The summed E-state index contributed by atoms with van der Waals surface area (Å²) in [5, 5.41) is 7.87. The molecule has 0 fully saturated rings. The molecule has 1 aromatic carbocycles. The Hall–Kier alpha value is -2.27. The van der Waals surface area contributed by atoms with Crippen LogP contribution in [0.25, 0.3) is 0 Å². The molecule has 1 heterocycles. The molecule has 0 atom stereocenters. The van der Waals surface area contributed by atoms with Crippen LogP contribution in [0.3, 0.4) is 0 Å². The summed E-state index contributed by atoms with van der Waals surface area (Å²) in [6.07, 6.45) is 2.66. The molecule has 0 spiro atoms. The summed E-state index contributed by atoms with van der Waals surface area (Å²) in [5.41, 5.74) is 5.74. The molecule has 21 heavy (non-hydrogen) atoms. The fourth-order valence-electron chi connectivity index (χ4n) is 1.77. The lowest BCUT2D eigenvalue weighted by Gasteiger charge is -2.08. The van der Waals surface area contributed by atoms with Gasteiger partial charge in [0.05, 0.1) is 11.4 Å². The van der Waals surface area contributed by atoms with Gasteiger partial charge in [-0.15, -0.1) is 0 Å². The number of nitrogens with one attached hydrogen (secondary N) is 2. The van der Waals surface area contributed by atoms with Gasteiger partial charge >= 0.3 is 0 Å². The Bertz CT molecular complexity index is 596. The molecule has 0 saturated heterocycles. The highest BCUT2D eigenvalue weighted by molar-refractivity contribution is 7.80. The van der Waals surface area contributed by atoms with Gasteiger partial charge < -0.3 is 5.32 Å². The molecule has 0 unspecified atom stereocenters. The molecule has 1 aromatic heterocycles. The van der Waals surface area contributed by atoms with E-state index < -0.39 is 0 Å². The molecule has 0 saturated carbocycles. The van der Waals surface area contributed by atoms with Gasteiger partial charge in [0.2, 0.25) is 0 Å². The molecular weight excluding hydrogens is 280 g/mol. The monoisotopic (exact) mass is 298 g/mol. The number of aromatic nitrogens is 1. The minimum atomic E-state index is 0.515. The number of hydrogen-bond acceptors (Lipinski definition) is 3. The summed E-state index contributed by atoms with van der Waals surface area (Å²) in [6, 6.07) is 16.0. The van der Waals surface area contributed by atoms with E-state index in [0.29, 0.717) is 5.11 Å². The Morgan fingerprint density at radius 1 is 1.14 bits per heavy atom. The predicted octanol–water partition coefficient (Wildman–Crippen LogP) is 2.51. The van der Waals surface area contributed by atoms with Crippen LogP contribution in [0.5, 0.6) is 0 Å². The van der Waals surface area contributed by atoms with Crippen molar-refractivity contribution in [1.29, 1.82) is 0 Å². The number of hydrazone groups is 1. The van der Waals surface area contributed by atoms with Crippen molar-refractivity contribution in [2.24, 2.45) is 5.10 Å². The summed E-state index contributed by atoms with van der Waals surface area (Å²) in [5.74, 6) is 0. The van der Waals surface area contributed by atoms with Crippen LogP contribution in [-0.2, 0) is 6.42 Å². The third-order valence-corrected chi connectivity index (χ3v) is 3.14. The average Bonchev–Trinajstić information content (AvgIpc) is 2.54. The van der Waals surface area contributed by atoms with Crippen molar-refractivity contribution < 1.29 is 0 Å². The Balaban J connectivity index is 1.75. The highest BCUT2D eigenvalue weighted by atomic mass is 32.1. The number of thiocarbonyl (C=S) groups is 1. The van der Waals surface area contributed by atoms with Gasteiger partial charge in [-0.05, 0) is 43.3 Å². The smallest absolute Gasteiger partial charge is 0.186 e. The van der Waals surface area contributed by atoms with E-state index in [0.717, 1.165) is 24.4 Å². The Labute approximate surface area is 130 Å². The lowest BCUT2D eigenvalue weighted by molar-refractivity contribution is 0.836. The van der Waals surface area contributed by atoms with E-state index in [-0.39, 0.29) is 0 Å². The van der Waals surface area contributed by atoms with Crippen molar-refractivity contribution in [2.75, 3.05) is 6.54 Å². The summed E-state index contributed by atoms with van der Waals surface area (Å²) < 4.78 is 0. The maximum absolute atomic E-state index is 5.19. The second-order valence-corrected chi connectivity index (χ2v) is 4.92. The van der Waals surface area contributed by atoms with E-state index in [4.69, 9.17) is 12.2 Å². The quantitative estimate of drug-likeness (QED) is 0.506. The van der Waals surface area contributed by atoms with Gasteiger partial charge in [-0.2, -0.15) is 5.10 Å². The molecule has 5 heteroatoms. The van der Waals surface area contributed by atoms with Crippen LogP contribution < -0.4 is 10.7 Å². The average molecular weight is 298 g/mol. The summed E-state index contributed by atoms with van der Waals surface area (Å²) in [4.78, 5) is 4.22. The molecule has 4 nitrogen and oxygen atoms in total. The van der Waals surface area contributed by atoms with Crippen molar-refractivity contribution in [3.05, 3.63) is 66.0 Å². The molecule has 2 N–H and O–H groups in total. The van der Waals surface area contributed by atoms with Crippen LogP contribution in [0, 0.1) is 0 Å². The van der Waals surface area contributed by atoms with Crippen LogP contribution in [0.15, 0.2) is 59.8 Å². The maximum atomic E-state index is 5.19. The zero-order valence-corrected chi connectivity index (χ0v) is 12.7. The number of hydrogen-bond donors (Lipinski definition) is 2. The fraction of sp³-hybridized carbons (Fsp3) is 0.188. The minimum Gasteiger partial charge on any atom is -0.361 e. The SMILES string of the molecule is C/C(=N/NC(=S)NCCc1ccccc1)c1ccccn1. The topological polar surface area (TPSA) is 49.3 Å². The van der Waals surface area contributed by atoms with Crippen LogP contribution in [0.1, 0.15) is 18.2 Å². The van der Waals surface area contributed by atoms with Crippen molar-refractivity contribution in [3.8, 4) is 0 Å². The van der Waals surface area contributed by atoms with E-state index in [1.807, 2.05) is 43.3 Å². The molecule has 0 aliphatic carbocycles. The van der Waals surface area contributed by atoms with Crippen LogP contribution in [0.4, 0.5) is 0 Å². The van der Waals surface area contributed by atoms with Crippen molar-refractivity contribution in [1.82, 2.24) is 15.7 Å². The number of nitrogens with zero attached hydrogens (tertiary/aromatic N) is 2. The summed E-state index contributed by atoms with van der Waals surface area (Å²) >= 11 is 5.19. The lowest BCUT2D eigenvalue weighted by Crippen LogP contribution is -2.34. The largest absolute Gasteiger partial charge is 0.361 e. The van der Waals surface area contributed by atoms with Gasteiger partial charge in [0.1, 0.15) is 0 Å². The number of pyridine rings is 1. The highest BCUT2D eigenvalue weighted by Gasteiger charge is 1.98. The van der Waals surface area contributed by atoms with Gasteiger partial charge in [0.15, 0.2) is 5.11 Å². The van der Waals surface area contributed by atoms with Crippen LogP contribution in [0.2, 0.25) is 0 Å². The van der Waals surface area contributed by atoms with Crippen LogP contribution in [-0.4, -0.2) is 22.4 Å². The fourth-order valence-corrected chi connectivity index (χ4v) is 1.92.